The van der Waals surface area contributed by atoms with Gasteiger partial charge in [-0.05, 0) is 32.4 Å². The number of hydrogen-bond acceptors (Lipinski definition) is 4. The molecule has 2 rings (SSSR count). The second kappa shape index (κ2) is 9.82. The van der Waals surface area contributed by atoms with Crippen molar-refractivity contribution in [3.05, 3.63) is 45.2 Å². The first-order chi connectivity index (χ1) is 10.6. The zero-order chi connectivity index (χ0) is 15.9. The minimum Gasteiger partial charge on any atom is -0.356 e. The van der Waals surface area contributed by atoms with Crippen LogP contribution in [0.15, 0.2) is 23.3 Å². The van der Waals surface area contributed by atoms with Crippen LogP contribution in [0.3, 0.4) is 0 Å². The highest BCUT2D eigenvalue weighted by molar-refractivity contribution is 14.0. The monoisotopic (exact) mass is 445 g/mol. The molecule has 0 spiro atoms. The summed E-state index contributed by atoms with van der Waals surface area (Å²) in [5, 5.41) is 7.77. The third-order valence-corrected chi connectivity index (χ3v) is 4.60. The fraction of sp³-hybridized carbons (Fsp3) is 0.438. The van der Waals surface area contributed by atoms with Crippen molar-refractivity contribution in [3.63, 3.8) is 0 Å². The first kappa shape index (κ1) is 19.8. The Hall–Kier alpha value is -1.22. The number of nitrogens with zero attached hydrogens (tertiary/aromatic N) is 3. The minimum atomic E-state index is 0. The Bertz CT molecular complexity index is 634. The molecule has 23 heavy (non-hydrogen) atoms. The number of guanidine groups is 1. The summed E-state index contributed by atoms with van der Waals surface area (Å²) in [7, 11) is 1.78. The van der Waals surface area contributed by atoms with Crippen LogP contribution in [0.1, 0.15) is 26.8 Å². The Morgan fingerprint density at radius 3 is 2.65 bits per heavy atom. The van der Waals surface area contributed by atoms with Crippen LogP contribution in [0.5, 0.6) is 0 Å². The number of halogens is 1. The van der Waals surface area contributed by atoms with Crippen LogP contribution in [0.4, 0.5) is 0 Å². The van der Waals surface area contributed by atoms with Gasteiger partial charge in [0.2, 0.25) is 0 Å². The van der Waals surface area contributed by atoms with Crippen molar-refractivity contribution in [2.75, 3.05) is 13.6 Å². The summed E-state index contributed by atoms with van der Waals surface area (Å²) in [6.07, 6.45) is 2.72. The number of rotatable bonds is 5. The van der Waals surface area contributed by atoms with Crippen LogP contribution in [-0.4, -0.2) is 29.5 Å². The van der Waals surface area contributed by atoms with E-state index in [-0.39, 0.29) is 24.0 Å². The average molecular weight is 445 g/mol. The summed E-state index contributed by atoms with van der Waals surface area (Å²) >= 11 is 1.76. The zero-order valence-corrected chi connectivity index (χ0v) is 17.2. The molecule has 7 heteroatoms. The molecule has 0 unspecified atom stereocenters. The molecule has 5 nitrogen and oxygen atoms in total. The lowest BCUT2D eigenvalue weighted by Crippen LogP contribution is -2.38. The van der Waals surface area contributed by atoms with Gasteiger partial charge in [0.05, 0.1) is 22.9 Å². The average Bonchev–Trinajstić information content (AvgIpc) is 2.82. The molecule has 0 bridgehead atoms. The van der Waals surface area contributed by atoms with Gasteiger partial charge in [0, 0.05) is 31.1 Å². The molecule has 0 aliphatic heterocycles. The molecule has 0 saturated heterocycles. The molecule has 2 heterocycles. The molecule has 126 valence electrons. The van der Waals surface area contributed by atoms with Gasteiger partial charge in [0.1, 0.15) is 0 Å². The number of aliphatic imine (C=N–C) groups is 1. The van der Waals surface area contributed by atoms with E-state index in [0.717, 1.165) is 30.3 Å². The Balaban J connectivity index is 0.00000264. The van der Waals surface area contributed by atoms with Gasteiger partial charge >= 0.3 is 0 Å². The fourth-order valence-electron chi connectivity index (χ4n) is 2.03. The molecule has 0 aliphatic rings. The number of aryl methyl sites for hydroxylation is 3. The summed E-state index contributed by atoms with van der Waals surface area (Å²) in [5.41, 5.74) is 3.35. The highest BCUT2D eigenvalue weighted by Crippen LogP contribution is 2.16. The molecule has 0 amide bonds. The molecule has 0 aliphatic carbocycles. The molecule has 0 radical (unpaired) electrons. The van der Waals surface area contributed by atoms with Crippen LogP contribution in [0.25, 0.3) is 0 Å². The number of aromatic nitrogens is 2. The molecule has 2 N–H and O–H groups in total. The predicted molar refractivity (Wildman–Crippen MR) is 108 cm³/mol. The smallest absolute Gasteiger partial charge is 0.191 e. The Morgan fingerprint density at radius 2 is 2.04 bits per heavy atom. The molecule has 2 aromatic rings. The van der Waals surface area contributed by atoms with Crippen LogP contribution >= 0.6 is 35.3 Å². The fourth-order valence-corrected chi connectivity index (χ4v) is 2.96. The lowest BCUT2D eigenvalue weighted by atomic mass is 10.2. The van der Waals surface area contributed by atoms with E-state index in [4.69, 9.17) is 0 Å². The maximum atomic E-state index is 4.55. The zero-order valence-electron chi connectivity index (χ0n) is 14.0. The number of thiazole rings is 1. The minimum absolute atomic E-state index is 0. The largest absolute Gasteiger partial charge is 0.356 e. The van der Waals surface area contributed by atoms with E-state index < -0.39 is 0 Å². The van der Waals surface area contributed by atoms with E-state index in [1.54, 1.807) is 18.4 Å². The van der Waals surface area contributed by atoms with Crippen molar-refractivity contribution in [3.8, 4) is 0 Å². The van der Waals surface area contributed by atoms with E-state index in [1.807, 2.05) is 12.3 Å². The maximum Gasteiger partial charge on any atom is 0.191 e. The quantitative estimate of drug-likeness (QED) is 0.422. The predicted octanol–water partition coefficient (Wildman–Crippen LogP) is 2.99. The topological polar surface area (TPSA) is 62.2 Å². The Kier molecular flexibility index (Phi) is 8.46. The lowest BCUT2D eigenvalue weighted by Gasteiger charge is -2.12. The van der Waals surface area contributed by atoms with Gasteiger partial charge < -0.3 is 10.6 Å². The van der Waals surface area contributed by atoms with Gasteiger partial charge in [-0.3, -0.25) is 9.98 Å². The number of hydrogen-bond donors (Lipinski definition) is 2. The van der Waals surface area contributed by atoms with Crippen LogP contribution in [0, 0.1) is 20.8 Å². The van der Waals surface area contributed by atoms with Crippen molar-refractivity contribution in [1.82, 2.24) is 20.6 Å². The van der Waals surface area contributed by atoms with E-state index in [2.05, 4.69) is 52.4 Å². The SMILES string of the molecule is CN=C(NCCc1nc(C)c(C)s1)NCc1ncccc1C.I. The number of nitrogens with one attached hydrogen (secondary N) is 2. The van der Waals surface area contributed by atoms with Gasteiger partial charge in [-0.1, -0.05) is 6.07 Å². The Labute approximate surface area is 159 Å². The Morgan fingerprint density at radius 1 is 1.26 bits per heavy atom. The van der Waals surface area contributed by atoms with E-state index >= 15 is 0 Å². The van der Waals surface area contributed by atoms with Crippen molar-refractivity contribution in [2.24, 2.45) is 4.99 Å². The molecule has 0 fully saturated rings. The summed E-state index contributed by atoms with van der Waals surface area (Å²) in [6.45, 7) is 7.71. The molecule has 0 saturated carbocycles. The van der Waals surface area contributed by atoms with E-state index in [9.17, 15) is 0 Å². The third-order valence-electron chi connectivity index (χ3n) is 3.47. The van der Waals surface area contributed by atoms with Crippen LogP contribution in [0.2, 0.25) is 0 Å². The van der Waals surface area contributed by atoms with Crippen molar-refractivity contribution in [1.29, 1.82) is 0 Å². The number of pyridine rings is 1. The molecule has 2 aromatic heterocycles. The van der Waals surface area contributed by atoms with Crippen molar-refractivity contribution >= 4 is 41.3 Å². The molecular formula is C16H24IN5S. The summed E-state index contributed by atoms with van der Waals surface area (Å²) < 4.78 is 0. The third kappa shape index (κ3) is 6.06. The van der Waals surface area contributed by atoms with Gasteiger partial charge in [-0.15, -0.1) is 35.3 Å². The lowest BCUT2D eigenvalue weighted by molar-refractivity contribution is 0.777. The van der Waals surface area contributed by atoms with Gasteiger partial charge in [0.25, 0.3) is 0 Å². The molecular weight excluding hydrogens is 421 g/mol. The maximum absolute atomic E-state index is 4.55. The molecule has 0 aromatic carbocycles. The first-order valence-corrected chi connectivity index (χ1v) is 8.19. The van der Waals surface area contributed by atoms with E-state index in [1.165, 1.54) is 15.4 Å². The van der Waals surface area contributed by atoms with Crippen LogP contribution < -0.4 is 10.6 Å². The van der Waals surface area contributed by atoms with Crippen molar-refractivity contribution < 1.29 is 0 Å². The second-order valence-corrected chi connectivity index (χ2v) is 6.41. The van der Waals surface area contributed by atoms with Gasteiger partial charge in [-0.2, -0.15) is 0 Å². The summed E-state index contributed by atoms with van der Waals surface area (Å²) in [6, 6.07) is 4.01. The van der Waals surface area contributed by atoms with Gasteiger partial charge in [-0.25, -0.2) is 4.98 Å². The highest BCUT2D eigenvalue weighted by atomic mass is 127. The highest BCUT2D eigenvalue weighted by Gasteiger charge is 2.05. The standard InChI is InChI=1S/C16H23N5S.HI/c1-11-6-5-8-18-14(11)10-20-16(17-4)19-9-7-15-21-12(2)13(3)22-15;/h5-6,8H,7,9-10H2,1-4H3,(H2,17,19,20);1H. The van der Waals surface area contributed by atoms with Gasteiger partial charge in [0.15, 0.2) is 5.96 Å². The summed E-state index contributed by atoms with van der Waals surface area (Å²) in [5.74, 6) is 0.787. The normalized spacial score (nSPS) is 11.0. The molecule has 0 atom stereocenters. The second-order valence-electron chi connectivity index (χ2n) is 5.12. The first-order valence-electron chi connectivity index (χ1n) is 7.38. The van der Waals surface area contributed by atoms with Crippen LogP contribution in [-0.2, 0) is 13.0 Å². The van der Waals surface area contributed by atoms with E-state index in [0.29, 0.717) is 6.54 Å². The summed E-state index contributed by atoms with van der Waals surface area (Å²) in [4.78, 5) is 14.4. The van der Waals surface area contributed by atoms with Crippen molar-refractivity contribution in [2.45, 2.75) is 33.7 Å².